The molecule has 24 heavy (non-hydrogen) atoms. The number of nitrogens with zero attached hydrogens (tertiary/aromatic N) is 2. The second-order valence-electron chi connectivity index (χ2n) is 6.81. The third kappa shape index (κ3) is 3.07. The number of carboxylic acids is 1. The SMILES string of the molecule is O=C(O)c1ccc(C(F)(F)F)n(CCN2CC3(CCCC3)C2)c1=O. The number of aromatic carboxylic acids is 1. The highest BCUT2D eigenvalue weighted by Gasteiger charge is 2.44. The minimum atomic E-state index is -4.70. The van der Waals surface area contributed by atoms with Crippen LogP contribution in [0, 0.1) is 5.41 Å². The number of carboxylic acid groups (broad SMARTS) is 1. The fourth-order valence-electron chi connectivity index (χ4n) is 3.95. The summed E-state index contributed by atoms with van der Waals surface area (Å²) in [7, 11) is 0. The number of carbonyl (C=O) groups is 1. The van der Waals surface area contributed by atoms with E-state index in [0.717, 1.165) is 32.0 Å². The Morgan fingerprint density at radius 1 is 1.17 bits per heavy atom. The van der Waals surface area contributed by atoms with Crippen LogP contribution in [0.2, 0.25) is 0 Å². The van der Waals surface area contributed by atoms with Crippen LogP contribution < -0.4 is 5.56 Å². The molecule has 1 saturated carbocycles. The Kier molecular flexibility index (Phi) is 4.19. The lowest BCUT2D eigenvalue weighted by atomic mass is 9.78. The lowest BCUT2D eigenvalue weighted by molar-refractivity contribution is -0.144. The fourth-order valence-corrected chi connectivity index (χ4v) is 3.95. The summed E-state index contributed by atoms with van der Waals surface area (Å²) in [4.78, 5) is 25.1. The molecule has 132 valence electrons. The molecule has 1 aromatic rings. The van der Waals surface area contributed by atoms with Gasteiger partial charge in [0.1, 0.15) is 11.3 Å². The first-order chi connectivity index (χ1) is 11.2. The van der Waals surface area contributed by atoms with Crippen LogP contribution in [-0.4, -0.2) is 40.2 Å². The van der Waals surface area contributed by atoms with Gasteiger partial charge < -0.3 is 14.6 Å². The van der Waals surface area contributed by atoms with Crippen LogP contribution in [0.5, 0.6) is 0 Å². The summed E-state index contributed by atoms with van der Waals surface area (Å²) in [5.74, 6) is -1.52. The zero-order chi connectivity index (χ0) is 17.5. The Morgan fingerprint density at radius 3 is 2.33 bits per heavy atom. The largest absolute Gasteiger partial charge is 0.477 e. The topological polar surface area (TPSA) is 62.5 Å². The summed E-state index contributed by atoms with van der Waals surface area (Å²) in [6.45, 7) is 1.85. The molecule has 1 N–H and O–H groups in total. The highest BCUT2D eigenvalue weighted by molar-refractivity contribution is 5.87. The minimum absolute atomic E-state index is 0.162. The van der Waals surface area contributed by atoms with Gasteiger partial charge >= 0.3 is 12.1 Å². The molecule has 5 nitrogen and oxygen atoms in total. The second kappa shape index (κ2) is 5.91. The fraction of sp³-hybridized carbons (Fsp3) is 0.625. The maximum Gasteiger partial charge on any atom is 0.431 e. The van der Waals surface area contributed by atoms with E-state index in [0.29, 0.717) is 22.6 Å². The molecule has 0 radical (unpaired) electrons. The standard InChI is InChI=1S/C16H19F3N2O3/c17-16(18,19)12-4-3-11(14(23)24)13(22)21(12)8-7-20-9-15(10-20)5-1-2-6-15/h3-4H,1-2,5-10H2,(H,23,24). The zero-order valence-corrected chi connectivity index (χ0v) is 13.1. The number of likely N-dealkylation sites (tertiary alicyclic amines) is 1. The molecule has 8 heteroatoms. The predicted molar refractivity (Wildman–Crippen MR) is 80.0 cm³/mol. The number of hydrogen-bond acceptors (Lipinski definition) is 3. The molecule has 1 saturated heterocycles. The molecular weight excluding hydrogens is 325 g/mol. The Morgan fingerprint density at radius 2 is 1.79 bits per heavy atom. The molecule has 1 aliphatic carbocycles. The van der Waals surface area contributed by atoms with E-state index in [-0.39, 0.29) is 6.54 Å². The lowest BCUT2D eigenvalue weighted by Crippen LogP contribution is -2.55. The smallest absolute Gasteiger partial charge is 0.431 e. The normalized spacial score (nSPS) is 20.3. The highest BCUT2D eigenvalue weighted by Crippen LogP contribution is 2.45. The number of pyridine rings is 1. The molecule has 1 aliphatic heterocycles. The Labute approximate surface area is 136 Å². The van der Waals surface area contributed by atoms with Gasteiger partial charge in [-0.1, -0.05) is 12.8 Å². The van der Waals surface area contributed by atoms with Gasteiger partial charge in [0.15, 0.2) is 0 Å². The molecule has 1 spiro atoms. The Hall–Kier alpha value is -1.83. The first kappa shape index (κ1) is 17.0. The van der Waals surface area contributed by atoms with Crippen molar-refractivity contribution < 1.29 is 23.1 Å². The monoisotopic (exact) mass is 344 g/mol. The maximum atomic E-state index is 13.1. The van der Waals surface area contributed by atoms with Crippen LogP contribution in [0.4, 0.5) is 13.2 Å². The zero-order valence-electron chi connectivity index (χ0n) is 13.1. The van der Waals surface area contributed by atoms with Gasteiger partial charge in [0.25, 0.3) is 5.56 Å². The molecule has 2 fully saturated rings. The number of alkyl halides is 3. The molecule has 0 atom stereocenters. The average molecular weight is 344 g/mol. The molecule has 1 aromatic heterocycles. The number of aromatic nitrogens is 1. The van der Waals surface area contributed by atoms with Gasteiger partial charge in [-0.25, -0.2) is 4.79 Å². The summed E-state index contributed by atoms with van der Waals surface area (Å²) in [5.41, 5.74) is -2.53. The molecule has 0 amide bonds. The first-order valence-corrected chi connectivity index (χ1v) is 7.99. The van der Waals surface area contributed by atoms with Crippen molar-refractivity contribution in [1.29, 1.82) is 0 Å². The maximum absolute atomic E-state index is 13.1. The van der Waals surface area contributed by atoms with Crippen molar-refractivity contribution in [1.82, 2.24) is 9.47 Å². The van der Waals surface area contributed by atoms with Gasteiger partial charge in [-0.15, -0.1) is 0 Å². The van der Waals surface area contributed by atoms with Crippen molar-refractivity contribution in [2.45, 2.75) is 38.4 Å². The minimum Gasteiger partial charge on any atom is -0.477 e. The average Bonchev–Trinajstić information content (AvgIpc) is 2.92. The molecule has 3 rings (SSSR count). The molecule has 0 unspecified atom stereocenters. The predicted octanol–water partition coefficient (Wildman–Crippen LogP) is 2.44. The van der Waals surface area contributed by atoms with Crippen LogP contribution in [0.1, 0.15) is 41.7 Å². The summed E-state index contributed by atoms with van der Waals surface area (Å²) in [5, 5.41) is 8.95. The number of rotatable bonds is 4. The van der Waals surface area contributed by atoms with Gasteiger partial charge in [0.2, 0.25) is 0 Å². The van der Waals surface area contributed by atoms with E-state index in [1.165, 1.54) is 12.8 Å². The van der Waals surface area contributed by atoms with Gasteiger partial charge in [-0.05, 0) is 30.4 Å². The van der Waals surface area contributed by atoms with Crippen molar-refractivity contribution in [2.75, 3.05) is 19.6 Å². The third-order valence-electron chi connectivity index (χ3n) is 5.12. The van der Waals surface area contributed by atoms with Crippen molar-refractivity contribution in [2.24, 2.45) is 5.41 Å². The number of hydrogen-bond donors (Lipinski definition) is 1. The van der Waals surface area contributed by atoms with E-state index >= 15 is 0 Å². The molecule has 2 heterocycles. The second-order valence-corrected chi connectivity index (χ2v) is 6.81. The highest BCUT2D eigenvalue weighted by atomic mass is 19.4. The van der Waals surface area contributed by atoms with E-state index in [9.17, 15) is 22.8 Å². The Bertz CT molecular complexity index is 697. The van der Waals surface area contributed by atoms with Crippen molar-refractivity contribution >= 4 is 5.97 Å². The third-order valence-corrected chi connectivity index (χ3v) is 5.12. The van der Waals surface area contributed by atoms with E-state index < -0.39 is 29.0 Å². The summed E-state index contributed by atoms with van der Waals surface area (Å²) >= 11 is 0. The van der Waals surface area contributed by atoms with Crippen LogP contribution in [0.3, 0.4) is 0 Å². The Balaban J connectivity index is 1.77. The summed E-state index contributed by atoms with van der Waals surface area (Å²) < 4.78 is 39.8. The molecular formula is C16H19F3N2O3. The molecule has 0 aromatic carbocycles. The quantitative estimate of drug-likeness (QED) is 0.911. The lowest BCUT2D eigenvalue weighted by Gasteiger charge is -2.48. The number of halogens is 3. The van der Waals surface area contributed by atoms with Gasteiger partial charge in [0.05, 0.1) is 0 Å². The van der Waals surface area contributed by atoms with Crippen molar-refractivity contribution in [3.63, 3.8) is 0 Å². The van der Waals surface area contributed by atoms with Crippen molar-refractivity contribution in [3.8, 4) is 0 Å². The van der Waals surface area contributed by atoms with Gasteiger partial charge in [-0.2, -0.15) is 13.2 Å². The van der Waals surface area contributed by atoms with Crippen LogP contribution in [0.25, 0.3) is 0 Å². The van der Waals surface area contributed by atoms with E-state index in [1.54, 1.807) is 0 Å². The van der Waals surface area contributed by atoms with E-state index in [1.807, 2.05) is 4.90 Å². The molecule has 0 bridgehead atoms. The summed E-state index contributed by atoms with van der Waals surface area (Å²) in [6.07, 6.45) is 0.0215. The first-order valence-electron chi connectivity index (χ1n) is 7.99. The van der Waals surface area contributed by atoms with Gasteiger partial charge in [0, 0.05) is 26.2 Å². The summed E-state index contributed by atoms with van der Waals surface area (Å²) in [6, 6.07) is 1.39. The van der Waals surface area contributed by atoms with Gasteiger partial charge in [-0.3, -0.25) is 4.79 Å². The van der Waals surface area contributed by atoms with E-state index in [4.69, 9.17) is 5.11 Å². The van der Waals surface area contributed by atoms with Crippen LogP contribution >= 0.6 is 0 Å². The van der Waals surface area contributed by atoms with Crippen LogP contribution in [-0.2, 0) is 12.7 Å². The van der Waals surface area contributed by atoms with Crippen LogP contribution in [0.15, 0.2) is 16.9 Å². The van der Waals surface area contributed by atoms with E-state index in [2.05, 4.69) is 0 Å². The molecule has 2 aliphatic rings. The van der Waals surface area contributed by atoms with Crippen molar-refractivity contribution in [3.05, 3.63) is 33.7 Å².